The standard InChI is InChI=1S/C24H28N2O2/c1-4-14-25(15-5-2)17-21(27)18-26-23-9-7-6-8-20(23)16-24(26)19-10-12-22(28-3)13-11-19/h4-13,16,21,27H,1-2,14-15,17-18H2,3H3/t21-/m0/s1. The average molecular weight is 377 g/mol. The van der Waals surface area contributed by atoms with Gasteiger partial charge in [0.15, 0.2) is 0 Å². The predicted molar refractivity (Wildman–Crippen MR) is 117 cm³/mol. The number of hydrogen-bond donors (Lipinski definition) is 1. The first-order valence-electron chi connectivity index (χ1n) is 9.51. The van der Waals surface area contributed by atoms with Gasteiger partial charge in [-0.05, 0) is 42.0 Å². The monoisotopic (exact) mass is 376 g/mol. The van der Waals surface area contributed by atoms with Gasteiger partial charge in [0.2, 0.25) is 0 Å². The maximum Gasteiger partial charge on any atom is 0.118 e. The number of rotatable bonds is 10. The number of benzene rings is 2. The van der Waals surface area contributed by atoms with Crippen molar-refractivity contribution in [2.24, 2.45) is 0 Å². The topological polar surface area (TPSA) is 37.6 Å². The summed E-state index contributed by atoms with van der Waals surface area (Å²) >= 11 is 0. The third-order valence-corrected chi connectivity index (χ3v) is 4.83. The molecule has 4 heteroatoms. The molecule has 0 radical (unpaired) electrons. The number of aromatic nitrogens is 1. The Morgan fingerprint density at radius 1 is 1.07 bits per heavy atom. The van der Waals surface area contributed by atoms with E-state index in [9.17, 15) is 5.11 Å². The van der Waals surface area contributed by atoms with E-state index in [1.165, 1.54) is 0 Å². The molecule has 1 N–H and O–H groups in total. The maximum atomic E-state index is 10.8. The quantitative estimate of drug-likeness (QED) is 0.535. The summed E-state index contributed by atoms with van der Waals surface area (Å²) in [6.07, 6.45) is 3.20. The lowest BCUT2D eigenvalue weighted by atomic mass is 10.1. The molecule has 4 nitrogen and oxygen atoms in total. The summed E-state index contributed by atoms with van der Waals surface area (Å²) in [6.45, 7) is 10.1. The summed E-state index contributed by atoms with van der Waals surface area (Å²) in [5.41, 5.74) is 3.30. The van der Waals surface area contributed by atoms with Crippen molar-refractivity contribution in [1.82, 2.24) is 9.47 Å². The largest absolute Gasteiger partial charge is 0.497 e. The van der Waals surface area contributed by atoms with Crippen molar-refractivity contribution in [2.45, 2.75) is 12.6 Å². The van der Waals surface area contributed by atoms with Crippen LogP contribution in [0, 0.1) is 0 Å². The Balaban J connectivity index is 1.92. The van der Waals surface area contributed by atoms with E-state index < -0.39 is 6.10 Å². The first-order valence-corrected chi connectivity index (χ1v) is 9.51. The number of hydrogen-bond acceptors (Lipinski definition) is 3. The average Bonchev–Trinajstić information content (AvgIpc) is 3.07. The molecule has 146 valence electrons. The van der Waals surface area contributed by atoms with Gasteiger partial charge in [-0.3, -0.25) is 4.90 Å². The Morgan fingerprint density at radius 2 is 1.75 bits per heavy atom. The second-order valence-electron chi connectivity index (χ2n) is 6.88. The van der Waals surface area contributed by atoms with E-state index in [4.69, 9.17) is 4.74 Å². The second-order valence-corrected chi connectivity index (χ2v) is 6.88. The first-order chi connectivity index (χ1) is 13.7. The van der Waals surface area contributed by atoms with Gasteiger partial charge in [-0.2, -0.15) is 0 Å². The molecule has 1 atom stereocenters. The Bertz CT molecular complexity index is 917. The number of aliphatic hydroxyl groups is 1. The molecule has 3 rings (SSSR count). The maximum absolute atomic E-state index is 10.8. The van der Waals surface area contributed by atoms with Crippen LogP contribution >= 0.6 is 0 Å². The minimum absolute atomic E-state index is 0.507. The fourth-order valence-corrected chi connectivity index (χ4v) is 3.56. The molecule has 0 aliphatic carbocycles. The number of fused-ring (bicyclic) bond motifs is 1. The van der Waals surface area contributed by atoms with E-state index in [1.54, 1.807) is 7.11 Å². The lowest BCUT2D eigenvalue weighted by Crippen LogP contribution is -2.35. The highest BCUT2D eigenvalue weighted by Gasteiger charge is 2.16. The minimum Gasteiger partial charge on any atom is -0.497 e. The zero-order chi connectivity index (χ0) is 19.9. The van der Waals surface area contributed by atoms with Crippen molar-refractivity contribution in [1.29, 1.82) is 0 Å². The lowest BCUT2D eigenvalue weighted by Gasteiger charge is -2.23. The van der Waals surface area contributed by atoms with Crippen LogP contribution < -0.4 is 4.74 Å². The fourth-order valence-electron chi connectivity index (χ4n) is 3.56. The number of methoxy groups -OCH3 is 1. The van der Waals surface area contributed by atoms with Gasteiger partial charge >= 0.3 is 0 Å². The van der Waals surface area contributed by atoms with Crippen LogP contribution in [0.2, 0.25) is 0 Å². The van der Waals surface area contributed by atoms with Crippen molar-refractivity contribution in [3.05, 3.63) is 79.9 Å². The SMILES string of the molecule is C=CCN(CC=C)C[C@H](O)Cn1c(-c2ccc(OC)cc2)cc2ccccc21. The molecule has 0 aliphatic rings. The summed E-state index contributed by atoms with van der Waals surface area (Å²) < 4.78 is 7.48. The van der Waals surface area contributed by atoms with Gasteiger partial charge < -0.3 is 14.4 Å². The highest BCUT2D eigenvalue weighted by Crippen LogP contribution is 2.29. The Morgan fingerprint density at radius 3 is 2.39 bits per heavy atom. The third kappa shape index (κ3) is 4.53. The molecule has 0 bridgehead atoms. The zero-order valence-corrected chi connectivity index (χ0v) is 16.4. The smallest absolute Gasteiger partial charge is 0.118 e. The van der Waals surface area contributed by atoms with Crippen LogP contribution in [0.1, 0.15) is 0 Å². The van der Waals surface area contributed by atoms with Crippen LogP contribution in [-0.2, 0) is 6.54 Å². The van der Waals surface area contributed by atoms with Crippen molar-refractivity contribution in [3.63, 3.8) is 0 Å². The molecule has 0 unspecified atom stereocenters. The molecular formula is C24H28N2O2. The van der Waals surface area contributed by atoms with Gasteiger partial charge in [0, 0.05) is 36.2 Å². The molecule has 0 saturated carbocycles. The second kappa shape index (κ2) is 9.40. The summed E-state index contributed by atoms with van der Waals surface area (Å²) in [4.78, 5) is 2.13. The van der Waals surface area contributed by atoms with Crippen molar-refractivity contribution < 1.29 is 9.84 Å². The van der Waals surface area contributed by atoms with Crippen molar-refractivity contribution in [3.8, 4) is 17.0 Å². The van der Waals surface area contributed by atoms with Crippen LogP contribution in [0.3, 0.4) is 0 Å². The van der Waals surface area contributed by atoms with Crippen LogP contribution in [0.15, 0.2) is 79.9 Å². The van der Waals surface area contributed by atoms with Gasteiger partial charge in [-0.25, -0.2) is 0 Å². The van der Waals surface area contributed by atoms with Crippen molar-refractivity contribution in [2.75, 3.05) is 26.7 Å². The van der Waals surface area contributed by atoms with E-state index in [2.05, 4.69) is 53.0 Å². The van der Waals surface area contributed by atoms with Crippen LogP contribution in [0.25, 0.3) is 22.2 Å². The number of para-hydroxylation sites is 1. The summed E-state index contributed by atoms with van der Waals surface area (Å²) in [7, 11) is 1.67. The molecule has 0 spiro atoms. The lowest BCUT2D eigenvalue weighted by molar-refractivity contribution is 0.110. The van der Waals surface area contributed by atoms with Gasteiger partial charge in [0.05, 0.1) is 19.8 Å². The summed E-state index contributed by atoms with van der Waals surface area (Å²) in [5.74, 6) is 0.830. The number of nitrogens with zero attached hydrogens (tertiary/aromatic N) is 2. The molecule has 0 amide bonds. The normalized spacial score (nSPS) is 12.2. The van der Waals surface area contributed by atoms with Crippen LogP contribution in [0.5, 0.6) is 5.75 Å². The first kappa shape index (κ1) is 19.9. The molecule has 3 aromatic rings. The van der Waals surface area contributed by atoms with Crippen LogP contribution in [-0.4, -0.2) is 47.4 Å². The van der Waals surface area contributed by atoms with Crippen LogP contribution in [0.4, 0.5) is 0 Å². The van der Waals surface area contributed by atoms with E-state index in [0.717, 1.165) is 41.0 Å². The Labute approximate surface area is 167 Å². The Hall–Kier alpha value is -2.82. The summed E-state index contributed by atoms with van der Waals surface area (Å²) in [6, 6.07) is 18.5. The van der Waals surface area contributed by atoms with Gasteiger partial charge in [0.1, 0.15) is 5.75 Å². The molecule has 1 heterocycles. The van der Waals surface area contributed by atoms with E-state index in [-0.39, 0.29) is 0 Å². The van der Waals surface area contributed by atoms with E-state index in [1.807, 2.05) is 36.4 Å². The number of aliphatic hydroxyl groups excluding tert-OH is 1. The van der Waals surface area contributed by atoms with E-state index in [0.29, 0.717) is 13.1 Å². The molecule has 28 heavy (non-hydrogen) atoms. The predicted octanol–water partition coefficient (Wildman–Crippen LogP) is 4.35. The van der Waals surface area contributed by atoms with E-state index >= 15 is 0 Å². The van der Waals surface area contributed by atoms with Gasteiger partial charge in [-0.1, -0.05) is 30.4 Å². The van der Waals surface area contributed by atoms with Gasteiger partial charge in [-0.15, -0.1) is 13.2 Å². The minimum atomic E-state index is -0.507. The molecule has 1 aromatic heterocycles. The molecular weight excluding hydrogens is 348 g/mol. The van der Waals surface area contributed by atoms with Crippen molar-refractivity contribution >= 4 is 10.9 Å². The molecule has 0 fully saturated rings. The highest BCUT2D eigenvalue weighted by atomic mass is 16.5. The number of ether oxygens (including phenoxy) is 1. The highest BCUT2D eigenvalue weighted by molar-refractivity contribution is 5.87. The molecule has 2 aromatic carbocycles. The Kier molecular flexibility index (Phi) is 6.69. The third-order valence-electron chi connectivity index (χ3n) is 4.83. The summed E-state index contributed by atoms with van der Waals surface area (Å²) in [5, 5.41) is 12.0. The zero-order valence-electron chi connectivity index (χ0n) is 16.4. The van der Waals surface area contributed by atoms with Gasteiger partial charge in [0.25, 0.3) is 0 Å². The fraction of sp³-hybridized carbons (Fsp3) is 0.250. The molecule has 0 saturated heterocycles. The molecule has 0 aliphatic heterocycles.